The number of ether oxygens (including phenoxy) is 1. The lowest BCUT2D eigenvalue weighted by atomic mass is 9.68. The Kier molecular flexibility index (Phi) is 7.40. The van der Waals surface area contributed by atoms with Gasteiger partial charge in [-0.3, -0.25) is 0 Å². The van der Waals surface area contributed by atoms with Gasteiger partial charge in [-0.05, 0) is 129 Å². The number of fused-ring (bicyclic) bond motifs is 1. The third-order valence-electron chi connectivity index (χ3n) is 8.42. The summed E-state index contributed by atoms with van der Waals surface area (Å²) in [6.07, 6.45) is 13.8. The maximum atomic E-state index is 5.71. The summed E-state index contributed by atoms with van der Waals surface area (Å²) in [5.74, 6) is 4.51. The Morgan fingerprint density at radius 1 is 0.758 bits per heavy atom. The molecule has 2 saturated carbocycles. The van der Waals surface area contributed by atoms with E-state index < -0.39 is 0 Å². The molecule has 2 aromatic carbocycles. The predicted molar refractivity (Wildman–Crippen MR) is 143 cm³/mol. The van der Waals surface area contributed by atoms with Gasteiger partial charge in [0.05, 0.1) is 6.61 Å². The van der Waals surface area contributed by atoms with Gasteiger partial charge >= 0.3 is 0 Å². The van der Waals surface area contributed by atoms with Gasteiger partial charge < -0.3 is 4.74 Å². The Morgan fingerprint density at radius 3 is 2.06 bits per heavy atom. The molecule has 0 saturated heterocycles. The number of rotatable bonds is 7. The van der Waals surface area contributed by atoms with Crippen molar-refractivity contribution in [2.75, 3.05) is 6.61 Å². The highest BCUT2D eigenvalue weighted by molar-refractivity contribution is 7.19. The molecule has 0 unspecified atom stereocenters. The van der Waals surface area contributed by atoms with Crippen LogP contribution in [0, 0.1) is 11.8 Å². The summed E-state index contributed by atoms with van der Waals surface area (Å²) in [5.41, 5.74) is 3.09. The van der Waals surface area contributed by atoms with E-state index in [4.69, 9.17) is 4.74 Å². The van der Waals surface area contributed by atoms with Crippen LogP contribution in [0.15, 0.2) is 48.5 Å². The summed E-state index contributed by atoms with van der Waals surface area (Å²) in [5, 5.41) is 1.39. The molecule has 2 aliphatic carbocycles. The van der Waals surface area contributed by atoms with Crippen molar-refractivity contribution in [3.63, 3.8) is 0 Å². The van der Waals surface area contributed by atoms with Crippen LogP contribution in [-0.4, -0.2) is 6.61 Å². The lowest BCUT2D eigenvalue weighted by Gasteiger charge is -2.38. The van der Waals surface area contributed by atoms with Crippen molar-refractivity contribution >= 4 is 21.4 Å². The first-order chi connectivity index (χ1) is 16.2. The zero-order chi connectivity index (χ0) is 22.6. The van der Waals surface area contributed by atoms with E-state index in [1.54, 1.807) is 10.4 Å². The zero-order valence-electron chi connectivity index (χ0n) is 20.5. The van der Waals surface area contributed by atoms with E-state index in [2.05, 4.69) is 62.4 Å². The Bertz CT molecular complexity index is 1020. The molecule has 2 fully saturated rings. The fraction of sp³-hybridized carbons (Fsp3) is 0.548. The first-order valence-electron chi connectivity index (χ1n) is 13.5. The SMILES string of the molecule is CCCc1ccc(C2CCC(C3CCC(c4cc5ccc(OCC)cc5s4)CC3)CC2)cc1. The van der Waals surface area contributed by atoms with Crippen molar-refractivity contribution in [2.45, 2.75) is 89.9 Å². The summed E-state index contributed by atoms with van der Waals surface area (Å²) in [6.45, 7) is 5.06. The quantitative estimate of drug-likeness (QED) is 0.341. The fourth-order valence-corrected chi connectivity index (χ4v) is 7.80. The van der Waals surface area contributed by atoms with Crippen molar-refractivity contribution < 1.29 is 4.74 Å². The predicted octanol–water partition coefficient (Wildman–Crippen LogP) is 9.50. The van der Waals surface area contributed by atoms with E-state index >= 15 is 0 Å². The largest absolute Gasteiger partial charge is 0.494 e. The molecule has 1 heterocycles. The summed E-state index contributed by atoms with van der Waals surface area (Å²) < 4.78 is 7.10. The van der Waals surface area contributed by atoms with E-state index in [-0.39, 0.29) is 0 Å². The van der Waals surface area contributed by atoms with Gasteiger partial charge in [-0.25, -0.2) is 0 Å². The minimum atomic E-state index is 0.737. The average Bonchev–Trinajstić information content (AvgIpc) is 3.29. The van der Waals surface area contributed by atoms with Gasteiger partial charge in [0.15, 0.2) is 0 Å². The van der Waals surface area contributed by atoms with Crippen LogP contribution in [0.5, 0.6) is 5.75 Å². The number of aryl methyl sites for hydroxylation is 1. The Hall–Kier alpha value is -1.80. The highest BCUT2D eigenvalue weighted by Gasteiger charge is 2.32. The highest BCUT2D eigenvalue weighted by atomic mass is 32.1. The summed E-state index contributed by atoms with van der Waals surface area (Å²) in [7, 11) is 0. The molecule has 0 radical (unpaired) electrons. The number of hydrogen-bond acceptors (Lipinski definition) is 2. The van der Waals surface area contributed by atoms with Crippen molar-refractivity contribution in [1.29, 1.82) is 0 Å². The number of hydrogen-bond donors (Lipinski definition) is 0. The minimum absolute atomic E-state index is 0.737. The van der Waals surface area contributed by atoms with Crippen LogP contribution < -0.4 is 4.74 Å². The molecule has 0 spiro atoms. The molecule has 0 bridgehead atoms. The van der Waals surface area contributed by atoms with Crippen LogP contribution in [0.1, 0.15) is 99.5 Å². The van der Waals surface area contributed by atoms with Gasteiger partial charge in [-0.1, -0.05) is 37.6 Å². The minimum Gasteiger partial charge on any atom is -0.494 e. The molecule has 0 N–H and O–H groups in total. The normalized spacial score (nSPS) is 25.9. The zero-order valence-corrected chi connectivity index (χ0v) is 21.3. The van der Waals surface area contributed by atoms with E-state index in [0.29, 0.717) is 0 Å². The van der Waals surface area contributed by atoms with Crippen LogP contribution in [0.3, 0.4) is 0 Å². The van der Waals surface area contributed by atoms with Gasteiger partial charge in [0.1, 0.15) is 5.75 Å². The monoisotopic (exact) mass is 460 g/mol. The molecule has 0 amide bonds. The highest BCUT2D eigenvalue weighted by Crippen LogP contribution is 2.47. The van der Waals surface area contributed by atoms with E-state index in [1.165, 1.54) is 79.9 Å². The summed E-state index contributed by atoms with van der Waals surface area (Å²) >= 11 is 2.00. The number of thiophene rings is 1. The van der Waals surface area contributed by atoms with Crippen LogP contribution in [0.25, 0.3) is 10.1 Å². The number of benzene rings is 2. The molecule has 1 nitrogen and oxygen atoms in total. The van der Waals surface area contributed by atoms with Crippen LogP contribution >= 0.6 is 11.3 Å². The van der Waals surface area contributed by atoms with E-state index in [1.807, 2.05) is 11.3 Å². The molecule has 3 aromatic rings. The van der Waals surface area contributed by atoms with Crippen molar-refractivity contribution in [3.05, 3.63) is 64.5 Å². The van der Waals surface area contributed by atoms with Crippen molar-refractivity contribution in [3.8, 4) is 5.75 Å². The van der Waals surface area contributed by atoms with Crippen LogP contribution in [0.2, 0.25) is 0 Å². The second-order valence-electron chi connectivity index (χ2n) is 10.5. The van der Waals surface area contributed by atoms with Crippen molar-refractivity contribution in [1.82, 2.24) is 0 Å². The molecular weight excluding hydrogens is 420 g/mol. The summed E-state index contributed by atoms with van der Waals surface area (Å²) in [6, 6.07) is 18.6. The second-order valence-corrected chi connectivity index (χ2v) is 11.6. The van der Waals surface area contributed by atoms with Gasteiger partial charge in [-0.15, -0.1) is 11.3 Å². The van der Waals surface area contributed by atoms with Gasteiger partial charge in [-0.2, -0.15) is 0 Å². The smallest absolute Gasteiger partial charge is 0.120 e. The van der Waals surface area contributed by atoms with Gasteiger partial charge in [0.25, 0.3) is 0 Å². The molecule has 0 aliphatic heterocycles. The molecule has 5 rings (SSSR count). The molecule has 176 valence electrons. The van der Waals surface area contributed by atoms with Gasteiger partial charge in [0.2, 0.25) is 0 Å². The Labute approximate surface area is 204 Å². The molecule has 2 aliphatic rings. The lowest BCUT2D eigenvalue weighted by molar-refractivity contribution is 0.177. The van der Waals surface area contributed by atoms with Crippen LogP contribution in [-0.2, 0) is 6.42 Å². The third-order valence-corrected chi connectivity index (χ3v) is 9.68. The molecule has 33 heavy (non-hydrogen) atoms. The second kappa shape index (κ2) is 10.6. The van der Waals surface area contributed by atoms with E-state index in [0.717, 1.165) is 36.0 Å². The average molecular weight is 461 g/mol. The molecular formula is C31H40OS. The molecule has 1 aromatic heterocycles. The Balaban J connectivity index is 1.13. The fourth-order valence-electron chi connectivity index (χ4n) is 6.53. The first kappa shape index (κ1) is 23.0. The lowest BCUT2D eigenvalue weighted by Crippen LogP contribution is -2.24. The molecule has 2 heteroatoms. The van der Waals surface area contributed by atoms with Crippen LogP contribution in [0.4, 0.5) is 0 Å². The Morgan fingerprint density at radius 2 is 1.42 bits per heavy atom. The van der Waals surface area contributed by atoms with E-state index in [9.17, 15) is 0 Å². The first-order valence-corrected chi connectivity index (χ1v) is 14.3. The van der Waals surface area contributed by atoms with Crippen molar-refractivity contribution in [2.24, 2.45) is 11.8 Å². The standard InChI is InChI=1S/C31H40OS/c1-3-5-22-6-8-23(9-7-22)24-10-12-25(13-11-24)26-14-16-27(17-15-26)30-20-28-18-19-29(32-4-2)21-31(28)33-30/h6-9,18-21,24-27H,3-5,10-17H2,1-2H3. The topological polar surface area (TPSA) is 9.23 Å². The van der Waals surface area contributed by atoms with Gasteiger partial charge in [0, 0.05) is 9.58 Å². The maximum Gasteiger partial charge on any atom is 0.120 e. The molecule has 0 atom stereocenters. The maximum absolute atomic E-state index is 5.71. The third kappa shape index (κ3) is 5.32. The summed E-state index contributed by atoms with van der Waals surface area (Å²) in [4.78, 5) is 1.60.